The third kappa shape index (κ3) is 3.26. The van der Waals surface area contributed by atoms with Gasteiger partial charge < -0.3 is 4.57 Å². The zero-order valence-electron chi connectivity index (χ0n) is 18.2. The fourth-order valence-corrected chi connectivity index (χ4v) is 4.28. The number of aryl methyl sites for hydroxylation is 2. The highest BCUT2D eigenvalue weighted by Gasteiger charge is 2.25. The second-order valence-corrected chi connectivity index (χ2v) is 7.76. The highest BCUT2D eigenvalue weighted by molar-refractivity contribution is 5.82. The molecule has 7 heteroatoms. The first kappa shape index (κ1) is 20.1. The molecule has 0 N–H and O–H groups in total. The second-order valence-electron chi connectivity index (χ2n) is 7.76. The molecule has 0 amide bonds. The van der Waals surface area contributed by atoms with Gasteiger partial charge in [-0.05, 0) is 50.6 Å². The van der Waals surface area contributed by atoms with Crippen LogP contribution in [0.2, 0.25) is 0 Å². The summed E-state index contributed by atoms with van der Waals surface area (Å²) in [4.78, 5) is 9.18. The summed E-state index contributed by atoms with van der Waals surface area (Å²) >= 11 is 0. The maximum atomic E-state index is 15.0. The number of fused-ring (bicyclic) bond motifs is 1. The fourth-order valence-electron chi connectivity index (χ4n) is 4.28. The molecule has 0 aliphatic carbocycles. The zero-order valence-corrected chi connectivity index (χ0v) is 18.2. The van der Waals surface area contributed by atoms with Crippen LogP contribution < -0.4 is 0 Å². The number of benzene rings is 2. The van der Waals surface area contributed by atoms with Crippen LogP contribution in [-0.2, 0) is 6.54 Å². The van der Waals surface area contributed by atoms with Crippen LogP contribution in [0.4, 0.5) is 4.39 Å². The van der Waals surface area contributed by atoms with E-state index in [-0.39, 0.29) is 5.82 Å². The van der Waals surface area contributed by atoms with E-state index in [0.717, 1.165) is 45.9 Å². The standard InChI is InChI=1S/C25H23FN6/c1-4-31-16(2)23(29-30-31)19-12-13-21-22(15-19)32(17(3)28-21)25(18-9-6-5-7-10-18)24-20(26)11-8-14-27-24/h5-15,25H,4H2,1-3H3/t25-/m0/s1. The van der Waals surface area contributed by atoms with E-state index in [1.165, 1.54) is 6.07 Å². The van der Waals surface area contributed by atoms with Gasteiger partial charge in [0, 0.05) is 18.3 Å². The topological polar surface area (TPSA) is 61.4 Å². The Bertz CT molecular complexity index is 1400. The Labute approximate surface area is 185 Å². The maximum absolute atomic E-state index is 15.0. The maximum Gasteiger partial charge on any atom is 0.147 e. The van der Waals surface area contributed by atoms with Gasteiger partial charge in [0.05, 0.1) is 16.7 Å². The van der Waals surface area contributed by atoms with Crippen molar-refractivity contribution in [2.75, 3.05) is 0 Å². The van der Waals surface area contributed by atoms with Crippen molar-refractivity contribution in [1.29, 1.82) is 0 Å². The number of rotatable bonds is 5. The van der Waals surface area contributed by atoms with E-state index in [4.69, 9.17) is 4.98 Å². The Kier molecular flexibility index (Phi) is 5.01. The number of pyridine rings is 1. The minimum atomic E-state index is -0.454. The number of hydrogen-bond donors (Lipinski definition) is 0. The van der Waals surface area contributed by atoms with E-state index in [9.17, 15) is 4.39 Å². The summed E-state index contributed by atoms with van der Waals surface area (Å²) in [5.41, 5.74) is 5.81. The van der Waals surface area contributed by atoms with Crippen molar-refractivity contribution in [3.05, 3.63) is 95.5 Å². The molecular weight excluding hydrogens is 403 g/mol. The first-order chi connectivity index (χ1) is 15.6. The van der Waals surface area contributed by atoms with Gasteiger partial charge in [0.2, 0.25) is 0 Å². The van der Waals surface area contributed by atoms with E-state index in [1.807, 2.05) is 67.9 Å². The molecular formula is C25H23FN6. The summed E-state index contributed by atoms with van der Waals surface area (Å²) in [6.45, 7) is 6.75. The summed E-state index contributed by atoms with van der Waals surface area (Å²) < 4.78 is 18.9. The van der Waals surface area contributed by atoms with Crippen LogP contribution in [0.25, 0.3) is 22.3 Å². The van der Waals surface area contributed by atoms with Crippen molar-refractivity contribution in [3.63, 3.8) is 0 Å². The molecule has 6 nitrogen and oxygen atoms in total. The second kappa shape index (κ2) is 8.00. The van der Waals surface area contributed by atoms with Crippen LogP contribution in [0.15, 0.2) is 66.9 Å². The van der Waals surface area contributed by atoms with Gasteiger partial charge in [0.15, 0.2) is 0 Å². The van der Waals surface area contributed by atoms with Gasteiger partial charge in [-0.2, -0.15) is 0 Å². The van der Waals surface area contributed by atoms with Gasteiger partial charge in [-0.3, -0.25) is 4.98 Å². The number of nitrogens with zero attached hydrogens (tertiary/aromatic N) is 6. The van der Waals surface area contributed by atoms with Gasteiger partial charge in [-0.1, -0.05) is 41.6 Å². The summed E-state index contributed by atoms with van der Waals surface area (Å²) in [6.07, 6.45) is 1.63. The van der Waals surface area contributed by atoms with E-state index < -0.39 is 6.04 Å². The molecule has 5 rings (SSSR count). The lowest BCUT2D eigenvalue weighted by molar-refractivity contribution is 0.556. The average Bonchev–Trinajstić information content (AvgIpc) is 3.34. The fraction of sp³-hybridized carbons (Fsp3) is 0.200. The summed E-state index contributed by atoms with van der Waals surface area (Å²) in [7, 11) is 0. The molecule has 0 saturated carbocycles. The molecule has 5 aromatic rings. The van der Waals surface area contributed by atoms with Gasteiger partial charge in [-0.25, -0.2) is 14.1 Å². The molecule has 0 unspecified atom stereocenters. The van der Waals surface area contributed by atoms with Crippen molar-refractivity contribution in [2.24, 2.45) is 0 Å². The molecule has 3 aromatic heterocycles. The zero-order chi connectivity index (χ0) is 22.2. The Balaban J connectivity index is 1.76. The number of halogens is 1. The molecule has 0 bridgehead atoms. The molecule has 1 atom stereocenters. The van der Waals surface area contributed by atoms with Gasteiger partial charge in [0.1, 0.15) is 29.1 Å². The predicted octanol–water partition coefficient (Wildman–Crippen LogP) is 5.10. The van der Waals surface area contributed by atoms with Gasteiger partial charge >= 0.3 is 0 Å². The number of hydrogen-bond acceptors (Lipinski definition) is 4. The summed E-state index contributed by atoms with van der Waals surface area (Å²) in [6, 6.07) is 18.5. The van der Waals surface area contributed by atoms with E-state index in [2.05, 4.69) is 25.9 Å². The highest BCUT2D eigenvalue weighted by atomic mass is 19.1. The summed E-state index contributed by atoms with van der Waals surface area (Å²) in [5.74, 6) is 0.436. The minimum absolute atomic E-state index is 0.347. The van der Waals surface area contributed by atoms with Crippen molar-refractivity contribution in [2.45, 2.75) is 33.4 Å². The molecule has 32 heavy (non-hydrogen) atoms. The molecule has 3 heterocycles. The monoisotopic (exact) mass is 426 g/mol. The highest BCUT2D eigenvalue weighted by Crippen LogP contribution is 2.34. The van der Waals surface area contributed by atoms with Crippen molar-refractivity contribution >= 4 is 11.0 Å². The van der Waals surface area contributed by atoms with Crippen LogP contribution >= 0.6 is 0 Å². The van der Waals surface area contributed by atoms with Crippen molar-refractivity contribution < 1.29 is 4.39 Å². The van der Waals surface area contributed by atoms with Crippen LogP contribution in [0.5, 0.6) is 0 Å². The lowest BCUT2D eigenvalue weighted by Crippen LogP contribution is -2.16. The van der Waals surface area contributed by atoms with Crippen LogP contribution in [-0.4, -0.2) is 29.5 Å². The quantitative estimate of drug-likeness (QED) is 0.392. The minimum Gasteiger partial charge on any atom is -0.315 e. The van der Waals surface area contributed by atoms with E-state index in [0.29, 0.717) is 5.69 Å². The lowest BCUT2D eigenvalue weighted by atomic mass is 10.0. The first-order valence-electron chi connectivity index (χ1n) is 10.6. The van der Waals surface area contributed by atoms with Crippen LogP contribution in [0.3, 0.4) is 0 Å². The predicted molar refractivity (Wildman–Crippen MR) is 122 cm³/mol. The van der Waals surface area contributed by atoms with Crippen molar-refractivity contribution in [1.82, 2.24) is 29.5 Å². The van der Waals surface area contributed by atoms with E-state index >= 15 is 0 Å². The Hall–Kier alpha value is -3.87. The van der Waals surface area contributed by atoms with Crippen LogP contribution in [0.1, 0.15) is 35.7 Å². The third-order valence-electron chi connectivity index (χ3n) is 5.84. The number of aromatic nitrogens is 6. The smallest absolute Gasteiger partial charge is 0.147 e. The molecule has 0 aliphatic rings. The molecule has 0 saturated heterocycles. The molecule has 0 radical (unpaired) electrons. The van der Waals surface area contributed by atoms with Gasteiger partial charge in [-0.15, -0.1) is 5.10 Å². The Morgan fingerprint density at radius 1 is 1.00 bits per heavy atom. The average molecular weight is 426 g/mol. The first-order valence-corrected chi connectivity index (χ1v) is 10.6. The molecule has 0 spiro atoms. The van der Waals surface area contributed by atoms with Crippen LogP contribution in [0, 0.1) is 19.7 Å². The molecule has 0 fully saturated rings. The largest absolute Gasteiger partial charge is 0.315 e. The molecule has 2 aromatic carbocycles. The van der Waals surface area contributed by atoms with E-state index in [1.54, 1.807) is 12.3 Å². The summed E-state index contributed by atoms with van der Waals surface area (Å²) in [5, 5.41) is 8.63. The Morgan fingerprint density at radius 3 is 2.53 bits per heavy atom. The number of imidazole rings is 1. The molecule has 0 aliphatic heterocycles. The third-order valence-corrected chi connectivity index (χ3v) is 5.84. The molecule has 160 valence electrons. The van der Waals surface area contributed by atoms with Gasteiger partial charge in [0.25, 0.3) is 0 Å². The normalized spacial score (nSPS) is 12.4. The lowest BCUT2D eigenvalue weighted by Gasteiger charge is -2.22. The van der Waals surface area contributed by atoms with Crippen molar-refractivity contribution in [3.8, 4) is 11.3 Å². The Morgan fingerprint density at radius 2 is 1.81 bits per heavy atom. The SMILES string of the molecule is CCn1nnc(-c2ccc3nc(C)n([C@@H](c4ccccc4)c4ncccc4F)c3c2)c1C.